The van der Waals surface area contributed by atoms with Gasteiger partial charge in [0.25, 0.3) is 0 Å². The first-order valence-electron chi connectivity index (χ1n) is 12.8. The number of allylic oxidation sites excluding steroid dienone is 3. The highest BCUT2D eigenvalue weighted by Crippen LogP contribution is 2.38. The van der Waals surface area contributed by atoms with Gasteiger partial charge in [-0.3, -0.25) is 0 Å². The van der Waals surface area contributed by atoms with Crippen LogP contribution in [0.4, 0.5) is 0 Å². The average Bonchev–Trinajstić information content (AvgIpc) is 2.79. The van der Waals surface area contributed by atoms with Crippen LogP contribution in [-0.4, -0.2) is 18.3 Å². The Kier molecular flexibility index (Phi) is 12.4. The van der Waals surface area contributed by atoms with E-state index in [1.165, 1.54) is 49.7 Å². The van der Waals surface area contributed by atoms with Crippen molar-refractivity contribution < 1.29 is 19.0 Å². The molecule has 0 atom stereocenters. The number of hydrogen-bond acceptors (Lipinski definition) is 5. The lowest BCUT2D eigenvalue weighted by atomic mass is 10.1. The SMILES string of the molecule is CCCCCCCCCCOc1c(OCC=C(C)CCC=C(C)C)c2c(O)cccc2oc1=O. The number of benzene rings is 1. The Bertz CT molecular complexity index is 995. The van der Waals surface area contributed by atoms with Crippen LogP contribution in [0.15, 0.2) is 50.7 Å². The zero-order chi connectivity index (χ0) is 24.8. The van der Waals surface area contributed by atoms with Crippen molar-refractivity contribution in [1.29, 1.82) is 0 Å². The molecule has 2 aromatic rings. The number of aromatic hydroxyl groups is 1. The molecule has 0 bridgehead atoms. The van der Waals surface area contributed by atoms with Gasteiger partial charge >= 0.3 is 5.63 Å². The highest BCUT2D eigenvalue weighted by Gasteiger charge is 2.20. The highest BCUT2D eigenvalue weighted by molar-refractivity contribution is 5.91. The zero-order valence-electron chi connectivity index (χ0n) is 21.5. The fourth-order valence-electron chi connectivity index (χ4n) is 3.82. The molecule has 1 aromatic heterocycles. The Morgan fingerprint density at radius 1 is 0.941 bits per heavy atom. The summed E-state index contributed by atoms with van der Waals surface area (Å²) in [6.45, 7) is 9.17. The van der Waals surface area contributed by atoms with Crippen molar-refractivity contribution in [3.63, 3.8) is 0 Å². The summed E-state index contributed by atoms with van der Waals surface area (Å²) in [5.74, 6) is 0.280. The van der Waals surface area contributed by atoms with Crippen LogP contribution >= 0.6 is 0 Å². The second-order valence-electron chi connectivity index (χ2n) is 9.20. The maximum Gasteiger partial charge on any atom is 0.383 e. The molecule has 0 saturated carbocycles. The normalized spacial score (nSPS) is 11.6. The summed E-state index contributed by atoms with van der Waals surface area (Å²) in [6.07, 6.45) is 15.6. The molecule has 0 radical (unpaired) electrons. The quantitative estimate of drug-likeness (QED) is 0.152. The zero-order valence-corrected chi connectivity index (χ0v) is 21.5. The van der Waals surface area contributed by atoms with Crippen molar-refractivity contribution >= 4 is 11.0 Å². The number of fused-ring (bicyclic) bond motifs is 1. The summed E-state index contributed by atoms with van der Waals surface area (Å²) >= 11 is 0. The predicted octanol–water partition coefficient (Wildman–Crippen LogP) is 8.09. The summed E-state index contributed by atoms with van der Waals surface area (Å²) in [4.78, 5) is 12.7. The van der Waals surface area contributed by atoms with E-state index in [1.54, 1.807) is 18.2 Å². The molecule has 2 rings (SSSR count). The first kappa shape index (κ1) is 27.6. The molecule has 0 saturated heterocycles. The van der Waals surface area contributed by atoms with Gasteiger partial charge in [0.15, 0.2) is 5.75 Å². The maximum absolute atomic E-state index is 12.7. The largest absolute Gasteiger partial charge is 0.507 e. The summed E-state index contributed by atoms with van der Waals surface area (Å²) in [6, 6.07) is 4.84. The summed E-state index contributed by atoms with van der Waals surface area (Å²) in [5, 5.41) is 10.8. The lowest BCUT2D eigenvalue weighted by Crippen LogP contribution is -2.11. The number of unbranched alkanes of at least 4 members (excludes halogenated alkanes) is 7. The fourth-order valence-corrected chi connectivity index (χ4v) is 3.82. The van der Waals surface area contributed by atoms with Crippen LogP contribution in [0.3, 0.4) is 0 Å². The summed E-state index contributed by atoms with van der Waals surface area (Å²) in [7, 11) is 0. The highest BCUT2D eigenvalue weighted by atomic mass is 16.5. The summed E-state index contributed by atoms with van der Waals surface area (Å²) < 4.78 is 17.3. The van der Waals surface area contributed by atoms with E-state index in [0.717, 1.165) is 25.7 Å². The molecule has 5 nitrogen and oxygen atoms in total. The molecule has 1 heterocycles. The van der Waals surface area contributed by atoms with Crippen LogP contribution in [0.5, 0.6) is 17.2 Å². The molecule has 0 amide bonds. The van der Waals surface area contributed by atoms with Gasteiger partial charge in [-0.2, -0.15) is 0 Å². The van der Waals surface area contributed by atoms with Gasteiger partial charge in [-0.05, 0) is 58.2 Å². The lowest BCUT2D eigenvalue weighted by molar-refractivity contribution is 0.264. The standard InChI is InChI=1S/C29H42O5/c1-5-6-7-8-9-10-11-12-20-32-28-27(33-21-19-23(4)16-13-15-22(2)3)26-24(30)17-14-18-25(26)34-29(28)31/h14-15,17-19,30H,5-13,16,20-21H2,1-4H3. The monoisotopic (exact) mass is 470 g/mol. The number of hydrogen-bond donors (Lipinski definition) is 1. The first-order chi connectivity index (χ1) is 16.4. The molecule has 0 fully saturated rings. The topological polar surface area (TPSA) is 68.9 Å². The molecule has 1 N–H and O–H groups in total. The lowest BCUT2D eigenvalue weighted by Gasteiger charge is -2.14. The van der Waals surface area contributed by atoms with Crippen molar-refractivity contribution in [2.75, 3.05) is 13.2 Å². The molecular formula is C29H42O5. The molecule has 0 aliphatic rings. The average molecular weight is 471 g/mol. The molecule has 0 unspecified atom stereocenters. The van der Waals surface area contributed by atoms with Gasteiger partial charge in [0.05, 0.1) is 6.61 Å². The molecule has 0 aliphatic carbocycles. The smallest absolute Gasteiger partial charge is 0.383 e. The molecule has 0 aliphatic heterocycles. The Morgan fingerprint density at radius 3 is 2.35 bits per heavy atom. The third kappa shape index (κ3) is 9.28. The second kappa shape index (κ2) is 15.3. The second-order valence-corrected chi connectivity index (χ2v) is 9.20. The van der Waals surface area contributed by atoms with Crippen LogP contribution in [0.25, 0.3) is 11.0 Å². The van der Waals surface area contributed by atoms with Gasteiger partial charge in [0.2, 0.25) is 5.75 Å². The number of ether oxygens (including phenoxy) is 2. The molecule has 1 aromatic carbocycles. The number of phenols is 1. The number of rotatable bonds is 16. The Balaban J connectivity index is 2.05. The van der Waals surface area contributed by atoms with Crippen LogP contribution in [0, 0.1) is 0 Å². The minimum absolute atomic E-state index is 0.00237. The molecule has 188 valence electrons. The summed E-state index contributed by atoms with van der Waals surface area (Å²) in [5.41, 5.74) is 2.20. The fraction of sp³-hybridized carbons (Fsp3) is 0.552. The van der Waals surface area contributed by atoms with Crippen molar-refractivity contribution in [3.05, 3.63) is 51.9 Å². The van der Waals surface area contributed by atoms with E-state index < -0.39 is 5.63 Å². The van der Waals surface area contributed by atoms with Gasteiger partial charge in [-0.15, -0.1) is 0 Å². The van der Waals surface area contributed by atoms with Crippen molar-refractivity contribution in [2.24, 2.45) is 0 Å². The van der Waals surface area contributed by atoms with Crippen LogP contribution in [0.1, 0.15) is 91.9 Å². The van der Waals surface area contributed by atoms with E-state index in [9.17, 15) is 9.90 Å². The maximum atomic E-state index is 12.7. The van der Waals surface area contributed by atoms with E-state index in [1.807, 2.05) is 6.08 Å². The van der Waals surface area contributed by atoms with Crippen molar-refractivity contribution in [2.45, 2.75) is 91.9 Å². The van der Waals surface area contributed by atoms with Crippen molar-refractivity contribution in [3.8, 4) is 17.2 Å². The predicted molar refractivity (Wildman–Crippen MR) is 140 cm³/mol. The van der Waals surface area contributed by atoms with Crippen LogP contribution in [-0.2, 0) is 0 Å². The van der Waals surface area contributed by atoms with Crippen LogP contribution < -0.4 is 15.1 Å². The third-order valence-electron chi connectivity index (χ3n) is 5.82. The minimum Gasteiger partial charge on any atom is -0.507 e. The van der Waals surface area contributed by atoms with E-state index in [0.29, 0.717) is 12.0 Å². The Morgan fingerprint density at radius 2 is 1.65 bits per heavy atom. The third-order valence-corrected chi connectivity index (χ3v) is 5.82. The van der Waals surface area contributed by atoms with Crippen LogP contribution in [0.2, 0.25) is 0 Å². The number of phenolic OH excluding ortho intramolecular Hbond substituents is 1. The molecule has 0 spiro atoms. The molecule has 5 heteroatoms. The van der Waals surface area contributed by atoms with Gasteiger partial charge in [0, 0.05) is 0 Å². The minimum atomic E-state index is -0.586. The molecule has 34 heavy (non-hydrogen) atoms. The Hall–Kier alpha value is -2.69. The van der Waals surface area contributed by atoms with Crippen molar-refractivity contribution in [1.82, 2.24) is 0 Å². The van der Waals surface area contributed by atoms with Gasteiger partial charge in [-0.1, -0.05) is 75.2 Å². The Labute approximate surface area is 204 Å². The first-order valence-corrected chi connectivity index (χ1v) is 12.8. The van der Waals surface area contributed by atoms with E-state index in [4.69, 9.17) is 13.9 Å². The van der Waals surface area contributed by atoms with E-state index >= 15 is 0 Å². The van der Waals surface area contributed by atoms with E-state index in [-0.39, 0.29) is 29.4 Å². The van der Waals surface area contributed by atoms with Gasteiger partial charge in [-0.25, -0.2) is 4.79 Å². The van der Waals surface area contributed by atoms with Gasteiger partial charge < -0.3 is 19.0 Å². The molecular weight excluding hydrogens is 428 g/mol. The van der Waals surface area contributed by atoms with E-state index in [2.05, 4.69) is 33.8 Å². The van der Waals surface area contributed by atoms with Gasteiger partial charge in [0.1, 0.15) is 23.3 Å².